The Morgan fingerprint density at radius 2 is 1.82 bits per heavy atom. The summed E-state index contributed by atoms with van der Waals surface area (Å²) in [5, 5.41) is 2.86. The highest BCUT2D eigenvalue weighted by Crippen LogP contribution is 2.25. The molecule has 0 aliphatic rings. The molecule has 0 bridgehead atoms. The molecule has 2 N–H and O–H groups in total. The zero-order valence-electron chi connectivity index (χ0n) is 15.9. The lowest BCUT2D eigenvalue weighted by Gasteiger charge is -2.11. The van der Waals surface area contributed by atoms with Gasteiger partial charge in [0.15, 0.2) is 0 Å². The number of nitrogens with one attached hydrogen (secondary N) is 2. The minimum Gasteiger partial charge on any atom is -0.497 e. The molecule has 0 radical (unpaired) electrons. The molecule has 3 rings (SSSR count). The number of aryl methyl sites for hydroxylation is 1. The van der Waals surface area contributed by atoms with Crippen molar-refractivity contribution in [2.24, 2.45) is 0 Å². The van der Waals surface area contributed by atoms with Gasteiger partial charge >= 0.3 is 0 Å². The number of hydrogen-bond donors (Lipinski definition) is 2. The maximum absolute atomic E-state index is 12.4. The third kappa shape index (κ3) is 4.56. The first-order valence-corrected chi connectivity index (χ1v) is 8.67. The Kier molecular flexibility index (Phi) is 5.74. The van der Waals surface area contributed by atoms with Gasteiger partial charge in [-0.15, -0.1) is 0 Å². The molecule has 0 spiro atoms. The average Bonchev–Trinajstić information content (AvgIpc) is 2.68. The molecule has 0 aliphatic heterocycles. The molecular formula is C21H21N3O4. The third-order valence-corrected chi connectivity index (χ3v) is 4.17. The van der Waals surface area contributed by atoms with Crippen molar-refractivity contribution in [1.82, 2.24) is 9.97 Å². The summed E-state index contributed by atoms with van der Waals surface area (Å²) in [6.45, 7) is 1.73. The van der Waals surface area contributed by atoms with Crippen LogP contribution in [-0.4, -0.2) is 30.1 Å². The number of nitrogens with zero attached hydrogens (tertiary/aromatic N) is 1. The van der Waals surface area contributed by atoms with E-state index in [1.807, 2.05) is 12.1 Å². The van der Waals surface area contributed by atoms with Crippen LogP contribution < -0.4 is 20.3 Å². The fourth-order valence-corrected chi connectivity index (χ4v) is 2.83. The lowest BCUT2D eigenvalue weighted by Crippen LogP contribution is -2.15. The fraction of sp³-hybridized carbons (Fsp3) is 0.190. The van der Waals surface area contributed by atoms with Gasteiger partial charge < -0.3 is 19.8 Å². The Morgan fingerprint density at radius 3 is 2.46 bits per heavy atom. The zero-order chi connectivity index (χ0) is 20.1. The highest BCUT2D eigenvalue weighted by Gasteiger charge is 2.11. The molecule has 144 valence electrons. The first kappa shape index (κ1) is 19.2. The fourth-order valence-electron chi connectivity index (χ4n) is 2.83. The highest BCUT2D eigenvalue weighted by atomic mass is 16.5. The number of ether oxygens (including phenoxy) is 2. The molecule has 28 heavy (non-hydrogen) atoms. The second-order valence-corrected chi connectivity index (χ2v) is 6.20. The van der Waals surface area contributed by atoms with Crippen LogP contribution in [0.2, 0.25) is 0 Å². The molecule has 0 atom stereocenters. The van der Waals surface area contributed by atoms with E-state index < -0.39 is 0 Å². The summed E-state index contributed by atoms with van der Waals surface area (Å²) < 4.78 is 10.5. The first-order chi connectivity index (χ1) is 13.5. The zero-order valence-corrected chi connectivity index (χ0v) is 15.9. The van der Waals surface area contributed by atoms with Gasteiger partial charge in [0.05, 0.1) is 26.3 Å². The van der Waals surface area contributed by atoms with Gasteiger partial charge in [-0.2, -0.15) is 0 Å². The number of amides is 1. The third-order valence-electron chi connectivity index (χ3n) is 4.17. The van der Waals surface area contributed by atoms with Crippen molar-refractivity contribution in [1.29, 1.82) is 0 Å². The van der Waals surface area contributed by atoms with E-state index in [1.54, 1.807) is 51.5 Å². The predicted molar refractivity (Wildman–Crippen MR) is 107 cm³/mol. The van der Waals surface area contributed by atoms with Gasteiger partial charge in [-0.05, 0) is 25.1 Å². The molecular weight excluding hydrogens is 358 g/mol. The van der Waals surface area contributed by atoms with Crippen molar-refractivity contribution in [3.63, 3.8) is 0 Å². The van der Waals surface area contributed by atoms with Crippen molar-refractivity contribution < 1.29 is 14.3 Å². The Labute approximate surface area is 162 Å². The lowest BCUT2D eigenvalue weighted by molar-refractivity contribution is -0.115. The number of H-pyrrole nitrogens is 1. The van der Waals surface area contributed by atoms with Gasteiger partial charge in [-0.1, -0.05) is 18.2 Å². The molecule has 0 aliphatic carbocycles. The second kappa shape index (κ2) is 8.39. The molecule has 0 saturated heterocycles. The number of hydrogen-bond acceptors (Lipinski definition) is 5. The van der Waals surface area contributed by atoms with Gasteiger partial charge in [0.25, 0.3) is 5.56 Å². The van der Waals surface area contributed by atoms with E-state index in [4.69, 9.17) is 9.47 Å². The molecule has 1 aromatic heterocycles. The van der Waals surface area contributed by atoms with E-state index in [0.29, 0.717) is 28.7 Å². The molecule has 1 amide bonds. The highest BCUT2D eigenvalue weighted by molar-refractivity contribution is 5.92. The summed E-state index contributed by atoms with van der Waals surface area (Å²) >= 11 is 0. The van der Waals surface area contributed by atoms with Gasteiger partial charge in [0.2, 0.25) is 5.91 Å². The van der Waals surface area contributed by atoms with Crippen molar-refractivity contribution in [3.8, 4) is 22.8 Å². The minimum atomic E-state index is -0.201. The summed E-state index contributed by atoms with van der Waals surface area (Å²) in [5.41, 5.74) is 2.60. The summed E-state index contributed by atoms with van der Waals surface area (Å²) in [5.74, 6) is 1.65. The summed E-state index contributed by atoms with van der Waals surface area (Å²) in [7, 11) is 3.13. The van der Waals surface area contributed by atoms with E-state index >= 15 is 0 Å². The molecule has 3 aromatic rings. The van der Waals surface area contributed by atoms with E-state index in [-0.39, 0.29) is 17.9 Å². The van der Waals surface area contributed by atoms with Crippen molar-refractivity contribution in [2.45, 2.75) is 13.3 Å². The van der Waals surface area contributed by atoms with Crippen molar-refractivity contribution in [3.05, 3.63) is 70.3 Å². The standard InChI is InChI=1S/C21H21N3O4/c1-13-22-18(12-21(26)23-13)14-4-7-16(8-5-14)24-20(25)10-15-6-9-17(27-2)11-19(15)28-3/h4-9,11-12H,10H2,1-3H3,(H,24,25)(H,22,23,26). The summed E-state index contributed by atoms with van der Waals surface area (Å²) in [4.78, 5) is 30.9. The Bertz CT molecular complexity index is 1040. The minimum absolute atomic E-state index is 0.165. The van der Waals surface area contributed by atoms with Gasteiger partial charge in [-0.3, -0.25) is 9.59 Å². The van der Waals surface area contributed by atoms with Crippen LogP contribution in [0.5, 0.6) is 11.5 Å². The lowest BCUT2D eigenvalue weighted by atomic mass is 10.1. The Balaban J connectivity index is 1.70. The maximum Gasteiger partial charge on any atom is 0.251 e. The topological polar surface area (TPSA) is 93.3 Å². The van der Waals surface area contributed by atoms with E-state index in [9.17, 15) is 9.59 Å². The number of carbonyl (C=O) groups excluding carboxylic acids is 1. The predicted octanol–water partition coefficient (Wildman–Crippen LogP) is 2.94. The van der Waals surface area contributed by atoms with Crippen LogP contribution in [0.3, 0.4) is 0 Å². The number of methoxy groups -OCH3 is 2. The van der Waals surface area contributed by atoms with Crippen LogP contribution in [0.25, 0.3) is 11.3 Å². The largest absolute Gasteiger partial charge is 0.497 e. The molecule has 0 saturated carbocycles. The molecule has 0 fully saturated rings. The van der Waals surface area contributed by atoms with E-state index in [0.717, 1.165) is 11.1 Å². The van der Waals surface area contributed by atoms with Crippen molar-refractivity contribution in [2.75, 3.05) is 19.5 Å². The van der Waals surface area contributed by atoms with Crippen LogP contribution in [-0.2, 0) is 11.2 Å². The normalized spacial score (nSPS) is 10.4. The molecule has 0 unspecified atom stereocenters. The van der Waals surface area contributed by atoms with Crippen molar-refractivity contribution >= 4 is 11.6 Å². The molecule has 7 heteroatoms. The monoisotopic (exact) mass is 379 g/mol. The second-order valence-electron chi connectivity index (χ2n) is 6.20. The van der Waals surface area contributed by atoms with E-state index in [2.05, 4.69) is 15.3 Å². The average molecular weight is 379 g/mol. The van der Waals surface area contributed by atoms with Gasteiger partial charge in [0, 0.05) is 28.9 Å². The molecule has 7 nitrogen and oxygen atoms in total. The molecule has 1 heterocycles. The maximum atomic E-state index is 12.4. The van der Waals surface area contributed by atoms with Crippen LogP contribution in [0.4, 0.5) is 5.69 Å². The quantitative estimate of drug-likeness (QED) is 0.687. The number of aromatic amines is 1. The Hall–Kier alpha value is -3.61. The number of carbonyl (C=O) groups is 1. The number of anilines is 1. The van der Waals surface area contributed by atoms with Crippen LogP contribution in [0.1, 0.15) is 11.4 Å². The van der Waals surface area contributed by atoms with Crippen LogP contribution in [0, 0.1) is 6.92 Å². The van der Waals surface area contributed by atoms with Crippen LogP contribution >= 0.6 is 0 Å². The SMILES string of the molecule is COc1ccc(CC(=O)Nc2ccc(-c3cc(=O)[nH]c(C)n3)cc2)c(OC)c1. The molecule has 2 aromatic carbocycles. The van der Waals surface area contributed by atoms with Gasteiger partial charge in [0.1, 0.15) is 17.3 Å². The number of aromatic nitrogens is 2. The Morgan fingerprint density at radius 1 is 1.07 bits per heavy atom. The smallest absolute Gasteiger partial charge is 0.251 e. The van der Waals surface area contributed by atoms with E-state index in [1.165, 1.54) is 6.07 Å². The van der Waals surface area contributed by atoms with Crippen LogP contribution in [0.15, 0.2) is 53.3 Å². The first-order valence-electron chi connectivity index (χ1n) is 8.67. The summed E-state index contributed by atoms with van der Waals surface area (Å²) in [6, 6.07) is 13.9. The number of rotatable bonds is 6. The number of benzene rings is 2. The van der Waals surface area contributed by atoms with Gasteiger partial charge in [-0.25, -0.2) is 4.98 Å². The summed E-state index contributed by atoms with van der Waals surface area (Å²) in [6.07, 6.45) is 0.170.